The number of carbonyl (C=O) groups is 2. The normalized spacial score (nSPS) is 13.2. The lowest BCUT2D eigenvalue weighted by Gasteiger charge is -2.25. The first kappa shape index (κ1) is 19.7. The van der Waals surface area contributed by atoms with Crippen LogP contribution in [0.25, 0.3) is 0 Å². The number of carbonyl (C=O) groups excluding carboxylic acids is 2. The van der Waals surface area contributed by atoms with Crippen LogP contribution in [-0.4, -0.2) is 21.8 Å². The van der Waals surface area contributed by atoms with Crippen molar-refractivity contribution in [3.05, 3.63) is 45.5 Å². The Hall–Kier alpha value is -3.02. The van der Waals surface area contributed by atoms with Crippen LogP contribution in [0.2, 0.25) is 0 Å². The molecule has 28 heavy (non-hydrogen) atoms. The third-order valence-corrected chi connectivity index (χ3v) is 5.09. The van der Waals surface area contributed by atoms with E-state index in [1.807, 2.05) is 27.7 Å². The van der Waals surface area contributed by atoms with Gasteiger partial charge in [-0.2, -0.15) is 0 Å². The fraction of sp³-hybridized carbons (Fsp3) is 0.364. The number of nitrogens with two attached hydrogens (primary N) is 2. The zero-order chi connectivity index (χ0) is 20.9. The van der Waals surface area contributed by atoms with Crippen LogP contribution in [0.3, 0.4) is 0 Å². The van der Waals surface area contributed by atoms with E-state index >= 15 is 0 Å². The molecule has 0 saturated carbocycles. The summed E-state index contributed by atoms with van der Waals surface area (Å²) in [5.41, 5.74) is 13.0. The molecule has 1 aliphatic rings. The minimum absolute atomic E-state index is 0.00167. The van der Waals surface area contributed by atoms with Gasteiger partial charge in [-0.1, -0.05) is 33.8 Å². The molecule has 2 aromatic carbocycles. The van der Waals surface area contributed by atoms with Crippen molar-refractivity contribution in [2.45, 2.75) is 40.5 Å². The first-order chi connectivity index (χ1) is 13.1. The van der Waals surface area contributed by atoms with Gasteiger partial charge in [-0.05, 0) is 36.3 Å². The molecule has 2 aromatic rings. The standard InChI is InChI=1S/C22H26N2O4/c1-9(2)7-11-5-6-12-14(19(11)25)22(28)16-15(20(12)26)18(24)17(23)13(21(16)27)8-10(3)4/h5-6,9-10,25,27H,7-8,23-24H2,1-4H3. The number of anilines is 2. The first-order valence-electron chi connectivity index (χ1n) is 9.43. The Labute approximate surface area is 164 Å². The molecule has 6 nitrogen and oxygen atoms in total. The molecule has 0 heterocycles. The maximum atomic E-state index is 13.3. The summed E-state index contributed by atoms with van der Waals surface area (Å²) in [4.78, 5) is 26.4. The highest BCUT2D eigenvalue weighted by Gasteiger charge is 2.38. The summed E-state index contributed by atoms with van der Waals surface area (Å²) in [5.74, 6) is -1.26. The predicted molar refractivity (Wildman–Crippen MR) is 109 cm³/mol. The molecule has 6 heteroatoms. The van der Waals surface area contributed by atoms with Gasteiger partial charge in [-0.25, -0.2) is 0 Å². The van der Waals surface area contributed by atoms with Crippen LogP contribution in [0.15, 0.2) is 12.1 Å². The van der Waals surface area contributed by atoms with E-state index in [9.17, 15) is 19.8 Å². The summed E-state index contributed by atoms with van der Waals surface area (Å²) < 4.78 is 0. The molecule has 0 aromatic heterocycles. The van der Waals surface area contributed by atoms with Crippen molar-refractivity contribution >= 4 is 22.9 Å². The highest BCUT2D eigenvalue weighted by Crippen LogP contribution is 2.45. The molecule has 0 unspecified atom stereocenters. The van der Waals surface area contributed by atoms with Crippen LogP contribution in [0, 0.1) is 11.8 Å². The van der Waals surface area contributed by atoms with E-state index in [2.05, 4.69) is 0 Å². The summed E-state index contributed by atoms with van der Waals surface area (Å²) in [6, 6.07) is 3.18. The predicted octanol–water partition coefficient (Wildman–Crippen LogP) is 3.43. The molecule has 0 bridgehead atoms. The Bertz CT molecular complexity index is 1010. The Kier molecular flexibility index (Phi) is 4.83. The Morgan fingerprint density at radius 3 is 1.96 bits per heavy atom. The monoisotopic (exact) mass is 382 g/mol. The van der Waals surface area contributed by atoms with Gasteiger partial charge in [0.2, 0.25) is 5.78 Å². The number of rotatable bonds is 4. The lowest BCUT2D eigenvalue weighted by molar-refractivity contribution is 0.0974. The Balaban J connectivity index is 2.30. The van der Waals surface area contributed by atoms with E-state index < -0.39 is 11.6 Å². The quantitative estimate of drug-likeness (QED) is 0.404. The van der Waals surface area contributed by atoms with Gasteiger partial charge in [-0.3, -0.25) is 9.59 Å². The summed E-state index contributed by atoms with van der Waals surface area (Å²) in [5, 5.41) is 21.5. The van der Waals surface area contributed by atoms with Crippen LogP contribution < -0.4 is 11.5 Å². The van der Waals surface area contributed by atoms with E-state index in [-0.39, 0.29) is 57.0 Å². The van der Waals surface area contributed by atoms with E-state index in [0.717, 1.165) is 0 Å². The Morgan fingerprint density at radius 2 is 1.39 bits per heavy atom. The van der Waals surface area contributed by atoms with Crippen molar-refractivity contribution < 1.29 is 19.8 Å². The lowest BCUT2D eigenvalue weighted by Crippen LogP contribution is -2.25. The maximum absolute atomic E-state index is 13.3. The molecule has 1 aliphatic carbocycles. The fourth-order valence-corrected chi connectivity index (χ4v) is 3.82. The molecule has 6 N–H and O–H groups in total. The average Bonchev–Trinajstić information content (AvgIpc) is 2.60. The second-order valence-electron chi connectivity index (χ2n) is 8.25. The smallest absolute Gasteiger partial charge is 0.202 e. The largest absolute Gasteiger partial charge is 0.507 e. The second kappa shape index (κ2) is 6.86. The van der Waals surface area contributed by atoms with Crippen LogP contribution in [0.5, 0.6) is 11.5 Å². The van der Waals surface area contributed by atoms with Crippen LogP contribution in [0.4, 0.5) is 11.4 Å². The van der Waals surface area contributed by atoms with Gasteiger partial charge in [0.1, 0.15) is 11.5 Å². The molecule has 0 saturated heterocycles. The zero-order valence-electron chi connectivity index (χ0n) is 16.6. The molecule has 0 radical (unpaired) electrons. The zero-order valence-corrected chi connectivity index (χ0v) is 16.6. The molecule has 148 valence electrons. The number of fused-ring (bicyclic) bond motifs is 2. The molecule has 0 aliphatic heterocycles. The van der Waals surface area contributed by atoms with E-state index in [1.165, 1.54) is 6.07 Å². The lowest BCUT2D eigenvalue weighted by atomic mass is 9.79. The molecule has 0 amide bonds. The van der Waals surface area contributed by atoms with Gasteiger partial charge < -0.3 is 21.7 Å². The third-order valence-electron chi connectivity index (χ3n) is 5.09. The number of benzene rings is 2. The van der Waals surface area contributed by atoms with Crippen molar-refractivity contribution in [1.82, 2.24) is 0 Å². The number of nitrogen functional groups attached to an aromatic ring is 2. The second-order valence-corrected chi connectivity index (χ2v) is 8.25. The van der Waals surface area contributed by atoms with E-state index in [1.54, 1.807) is 6.07 Å². The molecular weight excluding hydrogens is 356 g/mol. The van der Waals surface area contributed by atoms with Crippen LogP contribution >= 0.6 is 0 Å². The minimum Gasteiger partial charge on any atom is -0.507 e. The number of aromatic hydroxyl groups is 2. The third kappa shape index (κ3) is 2.89. The number of phenols is 2. The average molecular weight is 382 g/mol. The van der Waals surface area contributed by atoms with E-state index in [0.29, 0.717) is 24.0 Å². The number of phenolic OH excluding ortho intramolecular Hbond substituents is 2. The Morgan fingerprint density at radius 1 is 0.786 bits per heavy atom. The number of hydrogen-bond acceptors (Lipinski definition) is 6. The number of hydrogen-bond donors (Lipinski definition) is 4. The summed E-state index contributed by atoms with van der Waals surface area (Å²) in [6.45, 7) is 7.88. The van der Waals surface area contributed by atoms with Crippen molar-refractivity contribution in [2.75, 3.05) is 11.5 Å². The molecule has 0 spiro atoms. The highest BCUT2D eigenvalue weighted by molar-refractivity contribution is 6.32. The first-order valence-corrected chi connectivity index (χ1v) is 9.43. The summed E-state index contributed by atoms with van der Waals surface area (Å²) in [7, 11) is 0. The topological polar surface area (TPSA) is 127 Å². The molecule has 0 fully saturated rings. The van der Waals surface area contributed by atoms with Crippen molar-refractivity contribution in [3.8, 4) is 11.5 Å². The summed E-state index contributed by atoms with van der Waals surface area (Å²) in [6.07, 6.45) is 0.963. The molecule has 0 atom stereocenters. The molecule has 3 rings (SSSR count). The van der Waals surface area contributed by atoms with Gasteiger partial charge in [0.05, 0.1) is 28.1 Å². The van der Waals surface area contributed by atoms with Gasteiger partial charge in [0.15, 0.2) is 5.78 Å². The number of ketones is 2. The van der Waals surface area contributed by atoms with E-state index in [4.69, 9.17) is 11.5 Å². The minimum atomic E-state index is -0.609. The van der Waals surface area contributed by atoms with Gasteiger partial charge in [0, 0.05) is 11.1 Å². The van der Waals surface area contributed by atoms with Crippen molar-refractivity contribution in [3.63, 3.8) is 0 Å². The fourth-order valence-electron chi connectivity index (χ4n) is 3.82. The van der Waals surface area contributed by atoms with Crippen LogP contribution in [-0.2, 0) is 12.8 Å². The molecular formula is C22H26N2O4. The maximum Gasteiger partial charge on any atom is 0.202 e. The van der Waals surface area contributed by atoms with Crippen molar-refractivity contribution in [1.29, 1.82) is 0 Å². The van der Waals surface area contributed by atoms with Gasteiger partial charge in [0.25, 0.3) is 0 Å². The SMILES string of the molecule is CC(C)Cc1ccc2c(c1O)C(=O)c1c(O)c(CC(C)C)c(N)c(N)c1C2=O. The van der Waals surface area contributed by atoms with Gasteiger partial charge in [-0.15, -0.1) is 0 Å². The summed E-state index contributed by atoms with van der Waals surface area (Å²) >= 11 is 0. The van der Waals surface area contributed by atoms with Gasteiger partial charge >= 0.3 is 0 Å². The highest BCUT2D eigenvalue weighted by atomic mass is 16.3. The van der Waals surface area contributed by atoms with Crippen molar-refractivity contribution in [2.24, 2.45) is 11.8 Å². The van der Waals surface area contributed by atoms with Crippen LogP contribution in [0.1, 0.15) is 70.7 Å².